The number of primary amides is 1. The van der Waals surface area contributed by atoms with Gasteiger partial charge in [0.1, 0.15) is 6.04 Å². The average molecular weight is 261 g/mol. The number of carbonyl (C=O) groups excluding carboxylic acids is 2. The molecule has 0 spiro atoms. The first-order valence-electron chi connectivity index (χ1n) is 6.54. The Labute approximate surface area is 112 Å². The molecule has 5 heteroatoms. The van der Waals surface area contributed by atoms with Gasteiger partial charge in [-0.2, -0.15) is 0 Å². The van der Waals surface area contributed by atoms with E-state index < -0.39 is 11.9 Å². The molecule has 1 aromatic rings. The van der Waals surface area contributed by atoms with E-state index >= 15 is 0 Å². The van der Waals surface area contributed by atoms with E-state index in [0.717, 1.165) is 24.9 Å². The fraction of sp³-hybridized carbons (Fsp3) is 0.429. The van der Waals surface area contributed by atoms with E-state index in [1.807, 2.05) is 30.3 Å². The normalized spacial score (nSPS) is 19.9. The molecule has 1 aromatic carbocycles. The Bertz CT molecular complexity index is 441. The lowest BCUT2D eigenvalue weighted by molar-refractivity contribution is -0.128. The highest BCUT2D eigenvalue weighted by Crippen LogP contribution is 2.07. The summed E-state index contributed by atoms with van der Waals surface area (Å²) in [5, 5.41) is 5.83. The second-order valence-corrected chi connectivity index (χ2v) is 4.80. The van der Waals surface area contributed by atoms with Gasteiger partial charge in [-0.1, -0.05) is 30.3 Å². The highest BCUT2D eigenvalue weighted by atomic mass is 16.2. The Morgan fingerprint density at radius 2 is 2.11 bits per heavy atom. The third kappa shape index (κ3) is 3.79. The Morgan fingerprint density at radius 3 is 2.68 bits per heavy atom. The lowest BCUT2D eigenvalue weighted by atomic mass is 10.0. The number of hydrogen-bond donors (Lipinski definition) is 3. The van der Waals surface area contributed by atoms with Gasteiger partial charge in [-0.05, 0) is 24.9 Å². The highest BCUT2D eigenvalue weighted by molar-refractivity contribution is 5.89. The van der Waals surface area contributed by atoms with E-state index in [4.69, 9.17) is 5.73 Å². The number of nitrogens with one attached hydrogen (secondary N) is 2. The molecule has 0 aromatic heterocycles. The zero-order valence-corrected chi connectivity index (χ0v) is 10.8. The molecule has 4 N–H and O–H groups in total. The number of benzene rings is 1. The van der Waals surface area contributed by atoms with Crippen molar-refractivity contribution in [1.29, 1.82) is 0 Å². The van der Waals surface area contributed by atoms with Crippen molar-refractivity contribution in [2.45, 2.75) is 31.3 Å². The largest absolute Gasteiger partial charge is 0.368 e. The third-order valence-electron chi connectivity index (χ3n) is 3.32. The zero-order chi connectivity index (χ0) is 13.7. The summed E-state index contributed by atoms with van der Waals surface area (Å²) < 4.78 is 0. The van der Waals surface area contributed by atoms with Gasteiger partial charge in [0.05, 0.1) is 6.04 Å². The van der Waals surface area contributed by atoms with E-state index in [9.17, 15) is 9.59 Å². The van der Waals surface area contributed by atoms with Gasteiger partial charge < -0.3 is 16.4 Å². The van der Waals surface area contributed by atoms with Crippen LogP contribution in [0.4, 0.5) is 0 Å². The molecule has 5 nitrogen and oxygen atoms in total. The molecule has 1 aliphatic heterocycles. The van der Waals surface area contributed by atoms with Crippen LogP contribution in [0.5, 0.6) is 0 Å². The van der Waals surface area contributed by atoms with Crippen LogP contribution >= 0.6 is 0 Å². The van der Waals surface area contributed by atoms with Crippen LogP contribution in [0.3, 0.4) is 0 Å². The predicted octanol–water partition coefficient (Wildman–Crippen LogP) is -0.0488. The van der Waals surface area contributed by atoms with Crippen molar-refractivity contribution >= 4 is 11.8 Å². The van der Waals surface area contributed by atoms with Crippen LogP contribution in [-0.4, -0.2) is 30.4 Å². The van der Waals surface area contributed by atoms with Gasteiger partial charge in [0.2, 0.25) is 11.8 Å². The molecule has 0 aliphatic carbocycles. The van der Waals surface area contributed by atoms with Crippen molar-refractivity contribution in [3.8, 4) is 0 Å². The lowest BCUT2D eigenvalue weighted by Crippen LogP contribution is -2.51. The second kappa shape index (κ2) is 6.33. The van der Waals surface area contributed by atoms with Crippen LogP contribution in [0.1, 0.15) is 18.4 Å². The first kappa shape index (κ1) is 13.5. The minimum atomic E-state index is -0.655. The number of amides is 2. The van der Waals surface area contributed by atoms with Crippen molar-refractivity contribution in [3.63, 3.8) is 0 Å². The van der Waals surface area contributed by atoms with Gasteiger partial charge in [-0.15, -0.1) is 0 Å². The van der Waals surface area contributed by atoms with Gasteiger partial charge in [-0.3, -0.25) is 9.59 Å². The lowest BCUT2D eigenvalue weighted by Gasteiger charge is -2.18. The molecule has 2 atom stereocenters. The van der Waals surface area contributed by atoms with Crippen LogP contribution < -0.4 is 16.4 Å². The summed E-state index contributed by atoms with van der Waals surface area (Å²) >= 11 is 0. The maximum atomic E-state index is 12.0. The highest BCUT2D eigenvalue weighted by Gasteiger charge is 2.26. The summed E-state index contributed by atoms with van der Waals surface area (Å²) in [6.45, 7) is 0.845. The average Bonchev–Trinajstić information content (AvgIpc) is 2.93. The van der Waals surface area contributed by atoms with Crippen LogP contribution in [-0.2, 0) is 16.0 Å². The summed E-state index contributed by atoms with van der Waals surface area (Å²) in [6, 6.07) is 8.67. The summed E-state index contributed by atoms with van der Waals surface area (Å²) in [5.74, 6) is -0.646. The molecule has 1 aliphatic rings. The summed E-state index contributed by atoms with van der Waals surface area (Å²) in [5.41, 5.74) is 6.34. The fourth-order valence-electron chi connectivity index (χ4n) is 2.25. The molecule has 1 saturated heterocycles. The SMILES string of the molecule is NC(=O)[C@@H](Cc1ccccc1)NC(=O)[C@H]1CCCN1. The van der Waals surface area contributed by atoms with E-state index in [1.54, 1.807) is 0 Å². The minimum absolute atomic E-state index is 0.141. The van der Waals surface area contributed by atoms with Gasteiger partial charge in [0.25, 0.3) is 0 Å². The van der Waals surface area contributed by atoms with Gasteiger partial charge >= 0.3 is 0 Å². The third-order valence-corrected chi connectivity index (χ3v) is 3.32. The Hall–Kier alpha value is -1.88. The van der Waals surface area contributed by atoms with Crippen molar-refractivity contribution in [1.82, 2.24) is 10.6 Å². The van der Waals surface area contributed by atoms with Crippen molar-refractivity contribution < 1.29 is 9.59 Å². The van der Waals surface area contributed by atoms with Gasteiger partial charge in [0, 0.05) is 6.42 Å². The first-order valence-corrected chi connectivity index (χ1v) is 6.54. The Kier molecular flexibility index (Phi) is 4.52. The second-order valence-electron chi connectivity index (χ2n) is 4.80. The summed E-state index contributed by atoms with van der Waals surface area (Å²) in [6.07, 6.45) is 2.22. The molecule has 0 unspecified atom stereocenters. The quantitative estimate of drug-likeness (QED) is 0.695. The summed E-state index contributed by atoms with van der Waals surface area (Å²) in [7, 11) is 0. The van der Waals surface area contributed by atoms with Crippen molar-refractivity contribution in [2.75, 3.05) is 6.54 Å². The van der Waals surface area contributed by atoms with E-state index in [2.05, 4.69) is 10.6 Å². The van der Waals surface area contributed by atoms with E-state index in [0.29, 0.717) is 6.42 Å². The van der Waals surface area contributed by atoms with Gasteiger partial charge in [-0.25, -0.2) is 0 Å². The maximum absolute atomic E-state index is 12.0. The summed E-state index contributed by atoms with van der Waals surface area (Å²) in [4.78, 5) is 23.4. The van der Waals surface area contributed by atoms with Crippen molar-refractivity contribution in [3.05, 3.63) is 35.9 Å². The smallest absolute Gasteiger partial charge is 0.240 e. The molecule has 0 radical (unpaired) electrons. The van der Waals surface area contributed by atoms with Crippen LogP contribution in [0, 0.1) is 0 Å². The van der Waals surface area contributed by atoms with Crippen LogP contribution in [0.25, 0.3) is 0 Å². The topological polar surface area (TPSA) is 84.2 Å². The Balaban J connectivity index is 1.96. The monoisotopic (exact) mass is 261 g/mol. The molecular weight excluding hydrogens is 242 g/mol. The van der Waals surface area contributed by atoms with Crippen molar-refractivity contribution in [2.24, 2.45) is 5.73 Å². The molecule has 2 amide bonds. The minimum Gasteiger partial charge on any atom is -0.368 e. The number of carbonyl (C=O) groups is 2. The van der Waals surface area contributed by atoms with Crippen LogP contribution in [0.15, 0.2) is 30.3 Å². The fourth-order valence-corrected chi connectivity index (χ4v) is 2.25. The molecule has 19 heavy (non-hydrogen) atoms. The maximum Gasteiger partial charge on any atom is 0.240 e. The standard InChI is InChI=1S/C14H19N3O2/c15-13(18)12(9-10-5-2-1-3-6-10)17-14(19)11-7-4-8-16-11/h1-3,5-6,11-12,16H,4,7-9H2,(H2,15,18)(H,17,19)/t11-,12-/m1/s1. The molecular formula is C14H19N3O2. The molecule has 2 rings (SSSR count). The number of nitrogens with two attached hydrogens (primary N) is 1. The molecule has 102 valence electrons. The van der Waals surface area contributed by atoms with Gasteiger partial charge in [0.15, 0.2) is 0 Å². The first-order chi connectivity index (χ1) is 9.16. The van der Waals surface area contributed by atoms with E-state index in [-0.39, 0.29) is 11.9 Å². The van der Waals surface area contributed by atoms with E-state index in [1.165, 1.54) is 0 Å². The Morgan fingerprint density at radius 1 is 1.37 bits per heavy atom. The number of hydrogen-bond acceptors (Lipinski definition) is 3. The molecule has 1 heterocycles. The predicted molar refractivity (Wildman–Crippen MR) is 72.3 cm³/mol. The van der Waals surface area contributed by atoms with Crippen LogP contribution in [0.2, 0.25) is 0 Å². The molecule has 0 bridgehead atoms. The molecule has 0 saturated carbocycles. The molecule has 1 fully saturated rings. The zero-order valence-electron chi connectivity index (χ0n) is 10.8. The number of rotatable bonds is 5.